The number of carbonyl (C=O) groups excluding carboxylic acids is 4. The van der Waals surface area contributed by atoms with Gasteiger partial charge >= 0.3 is 11.9 Å². The number of thioether (sulfide) groups is 1. The number of carbonyl (C=O) groups is 6. The molecule has 0 aliphatic carbocycles. The van der Waals surface area contributed by atoms with Crippen LogP contribution in [-0.4, -0.2) is 117 Å². The van der Waals surface area contributed by atoms with E-state index < -0.39 is 84.4 Å². The Morgan fingerprint density at radius 3 is 1.73 bits per heavy atom. The third-order valence-electron chi connectivity index (χ3n) is 5.66. The van der Waals surface area contributed by atoms with Crippen molar-refractivity contribution in [3.05, 3.63) is 0 Å². The van der Waals surface area contributed by atoms with Crippen LogP contribution in [0.25, 0.3) is 0 Å². The maximum absolute atomic E-state index is 13.1. The molecule has 0 fully saturated rings. The summed E-state index contributed by atoms with van der Waals surface area (Å²) in [5, 5.41) is 47.1. The number of nitrogens with two attached hydrogens (primary N) is 2. The van der Waals surface area contributed by atoms with Gasteiger partial charge in [0.05, 0.1) is 24.7 Å². The zero-order valence-corrected chi connectivity index (χ0v) is 23.6. The number of carboxylic acid groups (broad SMARTS) is 2. The van der Waals surface area contributed by atoms with Crippen molar-refractivity contribution < 1.29 is 49.2 Å². The number of rotatable bonds is 20. The van der Waals surface area contributed by atoms with Crippen LogP contribution < -0.4 is 32.7 Å². The van der Waals surface area contributed by atoms with Crippen molar-refractivity contribution >= 4 is 47.3 Å². The highest BCUT2D eigenvalue weighted by atomic mass is 32.2. The molecule has 0 unspecified atom stereocenters. The summed E-state index contributed by atoms with van der Waals surface area (Å²) in [7, 11) is 0. The van der Waals surface area contributed by atoms with Crippen molar-refractivity contribution in [2.75, 3.05) is 18.6 Å². The van der Waals surface area contributed by atoms with Gasteiger partial charge in [-0.2, -0.15) is 11.8 Å². The summed E-state index contributed by atoms with van der Waals surface area (Å²) in [6.07, 6.45) is -0.790. The average molecular weight is 595 g/mol. The van der Waals surface area contributed by atoms with Crippen LogP contribution in [0.3, 0.4) is 0 Å². The van der Waals surface area contributed by atoms with Crippen LogP contribution in [0.2, 0.25) is 0 Å². The zero-order chi connectivity index (χ0) is 31.0. The van der Waals surface area contributed by atoms with Crippen LogP contribution in [-0.2, 0) is 28.8 Å². The molecular formula is C23H42N6O10S. The average Bonchev–Trinajstić information content (AvgIpc) is 2.85. The molecule has 0 aromatic carbocycles. The Morgan fingerprint density at radius 1 is 0.750 bits per heavy atom. The lowest BCUT2D eigenvalue weighted by Crippen LogP contribution is -2.61. The molecule has 17 heteroatoms. The highest BCUT2D eigenvalue weighted by Gasteiger charge is 2.34. The molecule has 40 heavy (non-hydrogen) atoms. The van der Waals surface area contributed by atoms with Gasteiger partial charge in [0.2, 0.25) is 23.6 Å². The second-order valence-electron chi connectivity index (χ2n) is 9.18. The van der Waals surface area contributed by atoms with Crippen molar-refractivity contribution in [1.82, 2.24) is 21.3 Å². The fraction of sp³-hybridized carbons (Fsp3) is 0.739. The summed E-state index contributed by atoms with van der Waals surface area (Å²) < 4.78 is 0. The lowest BCUT2D eigenvalue weighted by atomic mass is 10.0. The van der Waals surface area contributed by atoms with Crippen LogP contribution in [0.15, 0.2) is 0 Å². The van der Waals surface area contributed by atoms with Gasteiger partial charge in [-0.15, -0.1) is 0 Å². The first-order chi connectivity index (χ1) is 18.7. The fourth-order valence-corrected chi connectivity index (χ4v) is 3.86. The molecule has 0 bridgehead atoms. The van der Waals surface area contributed by atoms with Crippen LogP contribution in [0.5, 0.6) is 0 Å². The van der Waals surface area contributed by atoms with E-state index in [1.807, 2.05) is 0 Å². The van der Waals surface area contributed by atoms with Crippen molar-refractivity contribution in [2.45, 2.75) is 88.4 Å². The second kappa shape index (κ2) is 19.1. The molecule has 12 N–H and O–H groups in total. The van der Waals surface area contributed by atoms with Gasteiger partial charge in [0.25, 0.3) is 0 Å². The summed E-state index contributed by atoms with van der Waals surface area (Å²) in [6.45, 7) is 2.61. The Hall–Kier alpha value is -2.99. The summed E-state index contributed by atoms with van der Waals surface area (Å²) in [5.41, 5.74) is 11.1. The Labute approximate surface area is 236 Å². The number of unbranched alkanes of at least 4 members (excludes halogenated alkanes) is 1. The van der Waals surface area contributed by atoms with Gasteiger partial charge in [0.1, 0.15) is 18.1 Å². The topological polar surface area (TPSA) is 284 Å². The van der Waals surface area contributed by atoms with E-state index in [0.29, 0.717) is 25.1 Å². The maximum atomic E-state index is 13.1. The predicted octanol–water partition coefficient (Wildman–Crippen LogP) is -3.54. The van der Waals surface area contributed by atoms with Gasteiger partial charge in [-0.25, -0.2) is 4.79 Å². The first kappa shape index (κ1) is 37.0. The predicted molar refractivity (Wildman–Crippen MR) is 145 cm³/mol. The van der Waals surface area contributed by atoms with Crippen molar-refractivity contribution in [3.63, 3.8) is 0 Å². The van der Waals surface area contributed by atoms with Gasteiger partial charge < -0.3 is 53.2 Å². The molecule has 230 valence electrons. The molecule has 7 atom stereocenters. The van der Waals surface area contributed by atoms with E-state index in [2.05, 4.69) is 21.3 Å². The van der Waals surface area contributed by atoms with Crippen molar-refractivity contribution in [3.8, 4) is 0 Å². The lowest BCUT2D eigenvalue weighted by molar-refractivity contribution is -0.146. The van der Waals surface area contributed by atoms with Crippen LogP contribution in [0.1, 0.15) is 46.0 Å². The van der Waals surface area contributed by atoms with E-state index in [9.17, 15) is 44.1 Å². The second-order valence-corrected chi connectivity index (χ2v) is 10.2. The number of carboxylic acids is 2. The van der Waals surface area contributed by atoms with Gasteiger partial charge in [-0.3, -0.25) is 24.0 Å². The highest BCUT2D eigenvalue weighted by molar-refractivity contribution is 7.98. The van der Waals surface area contributed by atoms with Crippen LogP contribution in [0, 0.1) is 0 Å². The number of nitrogens with one attached hydrogen (secondary N) is 4. The number of hydrogen-bond acceptors (Lipinski definition) is 11. The minimum atomic E-state index is -1.71. The molecule has 0 aliphatic rings. The Balaban J connectivity index is 5.79. The molecule has 0 heterocycles. The Morgan fingerprint density at radius 2 is 1.25 bits per heavy atom. The summed E-state index contributed by atoms with van der Waals surface area (Å²) >= 11 is 1.38. The van der Waals surface area contributed by atoms with E-state index in [0.717, 1.165) is 6.92 Å². The number of amides is 4. The molecule has 0 spiro atoms. The molecule has 0 aromatic heterocycles. The van der Waals surface area contributed by atoms with Crippen LogP contribution in [0.4, 0.5) is 0 Å². The van der Waals surface area contributed by atoms with Gasteiger partial charge in [0, 0.05) is 0 Å². The molecule has 0 saturated heterocycles. The molecule has 0 aliphatic heterocycles. The Bertz CT molecular complexity index is 875. The molecular weight excluding hydrogens is 552 g/mol. The van der Waals surface area contributed by atoms with E-state index in [1.54, 1.807) is 6.26 Å². The Kier molecular flexibility index (Phi) is 17.7. The largest absolute Gasteiger partial charge is 0.481 e. The first-order valence-electron chi connectivity index (χ1n) is 12.6. The quantitative estimate of drug-likeness (QED) is 0.0612. The number of aliphatic carboxylic acids is 2. The molecule has 0 radical (unpaired) electrons. The van der Waals surface area contributed by atoms with E-state index in [4.69, 9.17) is 16.6 Å². The lowest BCUT2D eigenvalue weighted by Gasteiger charge is -2.27. The molecule has 0 rings (SSSR count). The SMILES string of the molecule is CSCC[C@H](NC(=O)[C@@H](N)CC(=O)O)C(=O)N[C@@H](CCCCN)C(=O)N[C@H](C(=O)N[C@H](C(=O)O)[C@@H](C)O)[C@@H](C)O. The number of aliphatic hydroxyl groups is 2. The van der Waals surface area contributed by atoms with E-state index in [1.165, 1.54) is 18.7 Å². The molecule has 0 saturated carbocycles. The van der Waals surface area contributed by atoms with Gasteiger partial charge in [0.15, 0.2) is 6.04 Å². The summed E-state index contributed by atoms with van der Waals surface area (Å²) in [5.74, 6) is -6.01. The van der Waals surface area contributed by atoms with Crippen molar-refractivity contribution in [1.29, 1.82) is 0 Å². The minimum Gasteiger partial charge on any atom is -0.481 e. The smallest absolute Gasteiger partial charge is 0.328 e. The third kappa shape index (κ3) is 13.9. The van der Waals surface area contributed by atoms with Crippen LogP contribution >= 0.6 is 11.8 Å². The highest BCUT2D eigenvalue weighted by Crippen LogP contribution is 2.07. The summed E-state index contributed by atoms with van der Waals surface area (Å²) in [4.78, 5) is 73.5. The monoisotopic (exact) mass is 594 g/mol. The molecule has 4 amide bonds. The number of aliphatic hydroxyl groups excluding tert-OH is 2. The standard InChI is InChI=1S/C23H42N6O10S/c1-11(30)17(22(37)29-18(12(2)31)23(38)39)28-21(36)14(6-4-5-8-24)27-20(35)15(7-9-40-3)26-19(34)13(25)10-16(32)33/h11-15,17-18,30-31H,4-10,24-25H2,1-3H3,(H,26,34)(H,27,35)(H,28,36)(H,29,37)(H,32,33)(H,38,39)/t11-,12-,13+,14+,15+,17+,18+/m1/s1. The van der Waals surface area contributed by atoms with E-state index >= 15 is 0 Å². The normalized spacial score (nSPS) is 16.3. The fourth-order valence-electron chi connectivity index (χ4n) is 3.39. The maximum Gasteiger partial charge on any atom is 0.328 e. The van der Waals surface area contributed by atoms with Gasteiger partial charge in [-0.1, -0.05) is 0 Å². The van der Waals surface area contributed by atoms with E-state index in [-0.39, 0.29) is 12.8 Å². The summed E-state index contributed by atoms with van der Waals surface area (Å²) in [6, 6.07) is -7.17. The van der Waals surface area contributed by atoms with Crippen molar-refractivity contribution in [2.24, 2.45) is 11.5 Å². The minimum absolute atomic E-state index is 0.0655. The third-order valence-corrected chi connectivity index (χ3v) is 6.31. The molecule has 16 nitrogen and oxygen atoms in total. The first-order valence-corrected chi connectivity index (χ1v) is 14.0. The zero-order valence-electron chi connectivity index (χ0n) is 22.8. The molecule has 0 aromatic rings. The number of hydrogen-bond donors (Lipinski definition) is 10. The van der Waals surface area contributed by atoms with Gasteiger partial charge in [-0.05, 0) is 58.1 Å².